The Bertz CT molecular complexity index is 580. The minimum Gasteiger partial charge on any atom is -0.420 e. The molecule has 0 saturated carbocycles. The van der Waals surface area contributed by atoms with Crippen molar-refractivity contribution in [2.75, 3.05) is 5.73 Å². The summed E-state index contributed by atoms with van der Waals surface area (Å²) < 4.78 is 6.66. The fourth-order valence-electron chi connectivity index (χ4n) is 1.46. The van der Waals surface area contributed by atoms with E-state index in [0.717, 1.165) is 0 Å². The number of carbonyl (C=O) groups is 1. The average molecular weight is 266 g/mol. The van der Waals surface area contributed by atoms with Crippen LogP contribution in [0.5, 0.6) is 5.75 Å². The molecule has 1 heterocycles. The van der Waals surface area contributed by atoms with Crippen LogP contribution < -0.4 is 10.5 Å². The number of para-hydroxylation sites is 1. The van der Waals surface area contributed by atoms with Gasteiger partial charge >= 0.3 is 5.97 Å². The molecule has 18 heavy (non-hydrogen) atoms. The summed E-state index contributed by atoms with van der Waals surface area (Å²) in [6, 6.07) is 8.21. The largest absolute Gasteiger partial charge is 0.420 e. The molecule has 1 aromatic carbocycles. The average Bonchev–Trinajstić information content (AvgIpc) is 2.73. The van der Waals surface area contributed by atoms with Gasteiger partial charge in [0.2, 0.25) is 0 Å². The van der Waals surface area contributed by atoms with Crippen LogP contribution in [0, 0.1) is 0 Å². The van der Waals surface area contributed by atoms with Crippen LogP contribution in [0.4, 0.5) is 5.82 Å². The van der Waals surface area contributed by atoms with Crippen molar-refractivity contribution in [1.82, 2.24) is 9.78 Å². The third kappa shape index (κ3) is 2.46. The predicted octanol–water partition coefficient (Wildman–Crippen LogP) is 2.36. The van der Waals surface area contributed by atoms with Gasteiger partial charge in [-0.15, -0.1) is 0 Å². The Balaban J connectivity index is 2.19. The molecule has 0 aliphatic rings. The second-order valence-electron chi connectivity index (χ2n) is 3.59. The van der Waals surface area contributed by atoms with Gasteiger partial charge in [-0.3, -0.25) is 0 Å². The number of aromatic nitrogens is 2. The van der Waals surface area contributed by atoms with Crippen LogP contribution >= 0.6 is 11.6 Å². The number of rotatable bonds is 3. The van der Waals surface area contributed by atoms with E-state index in [1.165, 1.54) is 10.7 Å². The topological polar surface area (TPSA) is 70.1 Å². The Morgan fingerprint density at radius 2 is 2.22 bits per heavy atom. The zero-order valence-corrected chi connectivity index (χ0v) is 10.5. The molecule has 0 saturated heterocycles. The molecule has 2 aromatic rings. The van der Waals surface area contributed by atoms with E-state index < -0.39 is 5.97 Å². The van der Waals surface area contributed by atoms with Crippen molar-refractivity contribution in [3.8, 4) is 5.75 Å². The summed E-state index contributed by atoms with van der Waals surface area (Å²) in [6.45, 7) is 2.47. The normalized spacial score (nSPS) is 10.3. The molecule has 2 N–H and O–H groups in total. The molecule has 94 valence electrons. The van der Waals surface area contributed by atoms with Crippen molar-refractivity contribution in [2.45, 2.75) is 13.5 Å². The van der Waals surface area contributed by atoms with E-state index >= 15 is 0 Å². The molecule has 0 aliphatic heterocycles. The van der Waals surface area contributed by atoms with Crippen LogP contribution in [-0.2, 0) is 6.54 Å². The minimum atomic E-state index is -0.581. The van der Waals surface area contributed by atoms with E-state index in [2.05, 4.69) is 5.10 Å². The molecule has 0 radical (unpaired) electrons. The number of carbonyl (C=O) groups excluding carboxylic acids is 1. The van der Waals surface area contributed by atoms with Gasteiger partial charge in [0, 0.05) is 12.6 Å². The molecule has 2 rings (SSSR count). The monoisotopic (exact) mass is 265 g/mol. The fourth-order valence-corrected chi connectivity index (χ4v) is 1.64. The van der Waals surface area contributed by atoms with Crippen LogP contribution in [0.2, 0.25) is 5.02 Å². The number of halogens is 1. The highest BCUT2D eigenvalue weighted by molar-refractivity contribution is 6.32. The van der Waals surface area contributed by atoms with Crippen LogP contribution in [0.3, 0.4) is 0 Å². The van der Waals surface area contributed by atoms with E-state index in [9.17, 15) is 4.79 Å². The van der Waals surface area contributed by atoms with Gasteiger partial charge in [0.05, 0.1) is 5.02 Å². The van der Waals surface area contributed by atoms with Gasteiger partial charge in [0.15, 0.2) is 5.69 Å². The lowest BCUT2D eigenvalue weighted by Crippen LogP contribution is -2.10. The van der Waals surface area contributed by atoms with Crippen molar-refractivity contribution >= 4 is 23.4 Å². The molecule has 0 aliphatic carbocycles. The van der Waals surface area contributed by atoms with Crippen molar-refractivity contribution in [2.24, 2.45) is 0 Å². The molecular weight excluding hydrogens is 254 g/mol. The van der Waals surface area contributed by atoms with Gasteiger partial charge in [0.1, 0.15) is 11.6 Å². The highest BCUT2D eigenvalue weighted by Crippen LogP contribution is 2.24. The van der Waals surface area contributed by atoms with E-state index in [1.807, 2.05) is 6.92 Å². The first kappa shape index (κ1) is 12.4. The maximum Gasteiger partial charge on any atom is 0.364 e. The van der Waals surface area contributed by atoms with E-state index in [-0.39, 0.29) is 5.69 Å². The highest BCUT2D eigenvalue weighted by Gasteiger charge is 2.15. The van der Waals surface area contributed by atoms with Crippen molar-refractivity contribution in [1.29, 1.82) is 0 Å². The fraction of sp³-hybridized carbons (Fsp3) is 0.167. The third-order valence-corrected chi connectivity index (χ3v) is 2.67. The lowest BCUT2D eigenvalue weighted by molar-refractivity contribution is 0.0727. The molecule has 0 spiro atoms. The van der Waals surface area contributed by atoms with Crippen molar-refractivity contribution in [3.63, 3.8) is 0 Å². The summed E-state index contributed by atoms with van der Waals surface area (Å²) in [6.07, 6.45) is 0. The van der Waals surface area contributed by atoms with E-state index in [4.69, 9.17) is 22.1 Å². The first-order valence-corrected chi connectivity index (χ1v) is 5.79. The zero-order chi connectivity index (χ0) is 13.1. The molecule has 5 nitrogen and oxygen atoms in total. The van der Waals surface area contributed by atoms with Gasteiger partial charge in [-0.2, -0.15) is 5.10 Å². The maximum atomic E-state index is 11.8. The second kappa shape index (κ2) is 5.10. The summed E-state index contributed by atoms with van der Waals surface area (Å²) in [5.41, 5.74) is 5.84. The Morgan fingerprint density at radius 1 is 1.50 bits per heavy atom. The third-order valence-electron chi connectivity index (χ3n) is 2.36. The lowest BCUT2D eigenvalue weighted by Gasteiger charge is -2.03. The van der Waals surface area contributed by atoms with E-state index in [0.29, 0.717) is 23.1 Å². The number of esters is 1. The van der Waals surface area contributed by atoms with Crippen molar-refractivity contribution in [3.05, 3.63) is 41.0 Å². The summed E-state index contributed by atoms with van der Waals surface area (Å²) in [5, 5.41) is 4.40. The van der Waals surface area contributed by atoms with Gasteiger partial charge in [0.25, 0.3) is 0 Å². The molecular formula is C12H12ClN3O2. The van der Waals surface area contributed by atoms with Crippen LogP contribution in [0.25, 0.3) is 0 Å². The number of nitrogens with two attached hydrogens (primary N) is 1. The molecule has 6 heteroatoms. The number of nitrogen functional groups attached to an aromatic ring is 1. The minimum absolute atomic E-state index is 0.161. The van der Waals surface area contributed by atoms with Crippen LogP contribution in [0.1, 0.15) is 17.4 Å². The van der Waals surface area contributed by atoms with Crippen LogP contribution in [-0.4, -0.2) is 15.7 Å². The van der Waals surface area contributed by atoms with Crippen LogP contribution in [0.15, 0.2) is 30.3 Å². The Kier molecular flexibility index (Phi) is 3.53. The molecule has 1 aromatic heterocycles. The number of aryl methyl sites for hydroxylation is 1. The number of ether oxygens (including phenoxy) is 1. The summed E-state index contributed by atoms with van der Waals surface area (Å²) in [4.78, 5) is 11.8. The molecule has 0 unspecified atom stereocenters. The molecule has 0 bridgehead atoms. The maximum absolute atomic E-state index is 11.8. The Labute approximate surface area is 109 Å². The van der Waals surface area contributed by atoms with Gasteiger partial charge < -0.3 is 10.5 Å². The smallest absolute Gasteiger partial charge is 0.364 e. The summed E-state index contributed by atoms with van der Waals surface area (Å²) in [5.74, 6) is 0.138. The number of benzene rings is 1. The number of hydrogen-bond donors (Lipinski definition) is 1. The lowest BCUT2D eigenvalue weighted by atomic mass is 10.3. The van der Waals surface area contributed by atoms with Gasteiger partial charge in [-0.05, 0) is 19.1 Å². The summed E-state index contributed by atoms with van der Waals surface area (Å²) in [7, 11) is 0. The quantitative estimate of drug-likeness (QED) is 0.683. The predicted molar refractivity (Wildman–Crippen MR) is 68.7 cm³/mol. The standard InChI is InChI=1S/C12H12ClN3O2/c1-2-16-11(14)7-9(15-16)12(17)18-10-6-4-3-5-8(10)13/h3-7H,2,14H2,1H3. The van der Waals surface area contributed by atoms with E-state index in [1.54, 1.807) is 24.3 Å². The zero-order valence-electron chi connectivity index (χ0n) is 9.76. The molecule has 0 atom stereocenters. The first-order chi connectivity index (χ1) is 8.61. The second-order valence-corrected chi connectivity index (χ2v) is 4.00. The summed E-state index contributed by atoms with van der Waals surface area (Å²) >= 11 is 5.89. The van der Waals surface area contributed by atoms with Crippen molar-refractivity contribution < 1.29 is 9.53 Å². The number of anilines is 1. The number of hydrogen-bond acceptors (Lipinski definition) is 4. The first-order valence-electron chi connectivity index (χ1n) is 5.42. The molecule has 0 fully saturated rings. The van der Waals surface area contributed by atoms with Gasteiger partial charge in [-0.25, -0.2) is 9.48 Å². The Hall–Kier alpha value is -2.01. The van der Waals surface area contributed by atoms with Gasteiger partial charge in [-0.1, -0.05) is 23.7 Å². The highest BCUT2D eigenvalue weighted by atomic mass is 35.5. The molecule has 0 amide bonds. The SMILES string of the molecule is CCn1nc(C(=O)Oc2ccccc2Cl)cc1N. The Morgan fingerprint density at radius 3 is 2.83 bits per heavy atom. The number of nitrogens with zero attached hydrogens (tertiary/aromatic N) is 2.